The minimum atomic E-state index is -1.21. The third-order valence-electron chi connectivity index (χ3n) is 3.06. The molecule has 116 valence electrons. The molecule has 1 heterocycles. The number of H-pyrrole nitrogens is 1. The van der Waals surface area contributed by atoms with Gasteiger partial charge in [-0.3, -0.25) is 5.10 Å². The van der Waals surface area contributed by atoms with Crippen LogP contribution in [0.3, 0.4) is 0 Å². The average Bonchev–Trinajstić information content (AvgIpc) is 2.97. The largest absolute Gasteiger partial charge is 0.475 e. The Morgan fingerprint density at radius 2 is 2.09 bits per heavy atom. The molecular weight excluding hydrogens is 286 g/mol. The minimum absolute atomic E-state index is 0.0652. The van der Waals surface area contributed by atoms with Crippen LogP contribution in [0, 0.1) is 0 Å². The van der Waals surface area contributed by atoms with Gasteiger partial charge >= 0.3 is 5.97 Å². The van der Waals surface area contributed by atoms with Crippen molar-refractivity contribution < 1.29 is 9.90 Å². The first-order chi connectivity index (χ1) is 10.5. The van der Waals surface area contributed by atoms with Gasteiger partial charge in [-0.1, -0.05) is 0 Å². The molecule has 4 N–H and O–H groups in total. The number of carboxylic acids is 1. The highest BCUT2D eigenvalue weighted by molar-refractivity contribution is 5.83. The van der Waals surface area contributed by atoms with Crippen molar-refractivity contribution in [3.8, 4) is 0 Å². The van der Waals surface area contributed by atoms with Crippen molar-refractivity contribution in [3.05, 3.63) is 24.0 Å². The Morgan fingerprint density at radius 1 is 1.36 bits per heavy atom. The molecule has 0 radical (unpaired) electrons. The number of aromatic carboxylic acids is 1. The zero-order chi connectivity index (χ0) is 16.1. The van der Waals surface area contributed by atoms with E-state index in [0.717, 1.165) is 18.8 Å². The van der Waals surface area contributed by atoms with Gasteiger partial charge in [-0.25, -0.2) is 4.79 Å². The number of hydrogen-bond donors (Lipinski definition) is 3. The lowest BCUT2D eigenvalue weighted by molar-refractivity contribution is 0.0684. The van der Waals surface area contributed by atoms with Crippen LogP contribution in [0.1, 0.15) is 24.5 Å². The van der Waals surface area contributed by atoms with Gasteiger partial charge in [0.1, 0.15) is 5.69 Å². The first kappa shape index (κ1) is 15.4. The molecule has 2 rings (SSSR count). The molecule has 0 unspecified atom stereocenters. The highest BCUT2D eigenvalue weighted by Crippen LogP contribution is 2.28. The predicted octanol–water partition coefficient (Wildman–Crippen LogP) is 2.35. The number of carboxylic acid groups (broad SMARTS) is 1. The molecule has 2 aromatic rings. The summed E-state index contributed by atoms with van der Waals surface area (Å²) in [6.07, 6.45) is 0. The number of anilines is 2. The summed E-state index contributed by atoms with van der Waals surface area (Å²) in [5.41, 5.74) is 7.91. The Bertz CT molecular complexity index is 691. The monoisotopic (exact) mass is 303 g/mol. The summed E-state index contributed by atoms with van der Waals surface area (Å²) in [6.45, 7) is 5.89. The number of nitrogens with two attached hydrogens (primary N) is 1. The van der Waals surface area contributed by atoms with Crippen molar-refractivity contribution >= 4 is 29.0 Å². The molecule has 0 aliphatic rings. The van der Waals surface area contributed by atoms with E-state index in [2.05, 4.69) is 44.2 Å². The second kappa shape index (κ2) is 6.66. The predicted molar refractivity (Wildman–Crippen MR) is 81.9 cm³/mol. The zero-order valence-corrected chi connectivity index (χ0v) is 12.3. The van der Waals surface area contributed by atoms with Crippen molar-refractivity contribution in [3.63, 3.8) is 0 Å². The minimum Gasteiger partial charge on any atom is -0.475 e. The van der Waals surface area contributed by atoms with Gasteiger partial charge in [-0.2, -0.15) is 4.98 Å². The second-order valence-corrected chi connectivity index (χ2v) is 4.40. The Morgan fingerprint density at radius 3 is 2.64 bits per heavy atom. The number of nitrogens with zero attached hydrogens (tertiary/aromatic N) is 5. The van der Waals surface area contributed by atoms with E-state index in [1.165, 1.54) is 0 Å². The van der Waals surface area contributed by atoms with E-state index in [4.69, 9.17) is 10.8 Å². The summed E-state index contributed by atoms with van der Waals surface area (Å²) in [6, 6.07) is 5.47. The number of nitrogen functional groups attached to an aromatic ring is 1. The number of rotatable bonds is 6. The van der Waals surface area contributed by atoms with E-state index in [9.17, 15) is 4.79 Å². The highest BCUT2D eigenvalue weighted by atomic mass is 16.4. The summed E-state index contributed by atoms with van der Waals surface area (Å²) in [5, 5.41) is 22.3. The summed E-state index contributed by atoms with van der Waals surface area (Å²) in [7, 11) is 0. The van der Waals surface area contributed by atoms with Crippen LogP contribution in [-0.4, -0.2) is 39.3 Å². The van der Waals surface area contributed by atoms with E-state index >= 15 is 0 Å². The fourth-order valence-corrected chi connectivity index (χ4v) is 1.91. The third kappa shape index (κ3) is 3.37. The smallest absolute Gasteiger partial charge is 0.373 e. The van der Waals surface area contributed by atoms with Gasteiger partial charge in [0.15, 0.2) is 0 Å². The molecular formula is C13H17N7O2. The van der Waals surface area contributed by atoms with Gasteiger partial charge < -0.3 is 15.7 Å². The van der Waals surface area contributed by atoms with E-state index in [-0.39, 0.29) is 11.8 Å². The molecule has 0 fully saturated rings. The number of hydrogen-bond acceptors (Lipinski definition) is 7. The van der Waals surface area contributed by atoms with Crippen molar-refractivity contribution in [2.24, 2.45) is 10.2 Å². The van der Waals surface area contributed by atoms with E-state index in [1.807, 2.05) is 12.1 Å². The Hall–Kier alpha value is -2.97. The quantitative estimate of drug-likeness (QED) is 0.554. The Balaban J connectivity index is 2.18. The maximum Gasteiger partial charge on any atom is 0.373 e. The SMILES string of the molecule is CCN(CC)c1ccc(N=Nc2n[nH]c(C(=O)O)n2)c(N)c1. The van der Waals surface area contributed by atoms with Gasteiger partial charge in [0, 0.05) is 18.8 Å². The normalized spacial score (nSPS) is 11.0. The molecule has 1 aromatic carbocycles. The summed E-state index contributed by atoms with van der Waals surface area (Å²) in [4.78, 5) is 16.5. The molecule has 0 aliphatic heterocycles. The fourth-order valence-electron chi connectivity index (χ4n) is 1.91. The van der Waals surface area contributed by atoms with E-state index in [0.29, 0.717) is 11.4 Å². The van der Waals surface area contributed by atoms with Crippen molar-refractivity contribution in [2.75, 3.05) is 23.7 Å². The summed E-state index contributed by atoms with van der Waals surface area (Å²) >= 11 is 0. The van der Waals surface area contributed by atoms with Gasteiger partial charge in [-0.15, -0.1) is 15.3 Å². The highest BCUT2D eigenvalue weighted by Gasteiger charge is 2.09. The lowest BCUT2D eigenvalue weighted by Crippen LogP contribution is -2.21. The first-order valence-electron chi connectivity index (χ1n) is 6.77. The molecule has 9 nitrogen and oxygen atoms in total. The third-order valence-corrected chi connectivity index (χ3v) is 3.06. The molecule has 0 saturated carbocycles. The number of carbonyl (C=O) groups is 1. The number of aromatic nitrogens is 3. The second-order valence-electron chi connectivity index (χ2n) is 4.40. The lowest BCUT2D eigenvalue weighted by Gasteiger charge is -2.21. The molecule has 0 bridgehead atoms. The first-order valence-corrected chi connectivity index (χ1v) is 6.77. The van der Waals surface area contributed by atoms with E-state index in [1.54, 1.807) is 6.07 Å². The van der Waals surface area contributed by atoms with Crippen LogP contribution >= 0.6 is 0 Å². The van der Waals surface area contributed by atoms with Crippen LogP contribution < -0.4 is 10.6 Å². The van der Waals surface area contributed by atoms with Gasteiger partial charge in [0.25, 0.3) is 5.95 Å². The van der Waals surface area contributed by atoms with Gasteiger partial charge in [-0.05, 0) is 32.0 Å². The van der Waals surface area contributed by atoms with Crippen LogP contribution in [0.15, 0.2) is 28.4 Å². The number of azo groups is 1. The van der Waals surface area contributed by atoms with Crippen LogP contribution in [-0.2, 0) is 0 Å². The van der Waals surface area contributed by atoms with Crippen LogP contribution in [0.2, 0.25) is 0 Å². The molecule has 1 aromatic heterocycles. The Labute approximate surface area is 126 Å². The zero-order valence-electron chi connectivity index (χ0n) is 12.3. The van der Waals surface area contributed by atoms with Crippen LogP contribution in [0.25, 0.3) is 0 Å². The molecule has 0 spiro atoms. The number of nitrogens with one attached hydrogen (secondary N) is 1. The van der Waals surface area contributed by atoms with Gasteiger partial charge in [0.2, 0.25) is 5.82 Å². The molecule has 0 aliphatic carbocycles. The van der Waals surface area contributed by atoms with E-state index < -0.39 is 5.97 Å². The number of benzene rings is 1. The molecule has 9 heteroatoms. The van der Waals surface area contributed by atoms with Crippen LogP contribution in [0.5, 0.6) is 0 Å². The summed E-state index contributed by atoms with van der Waals surface area (Å²) < 4.78 is 0. The standard InChI is InChI=1S/C13H17N7O2/c1-3-20(4-2)8-5-6-10(9(14)7-8)16-18-13-15-11(12(21)22)17-19-13/h5-7H,3-4,14H2,1-2H3,(H,21,22)(H,15,17,19). The maximum atomic E-state index is 10.7. The van der Waals surface area contributed by atoms with Crippen molar-refractivity contribution in [1.29, 1.82) is 0 Å². The number of aromatic amines is 1. The van der Waals surface area contributed by atoms with Crippen molar-refractivity contribution in [2.45, 2.75) is 13.8 Å². The van der Waals surface area contributed by atoms with Crippen molar-refractivity contribution in [1.82, 2.24) is 15.2 Å². The molecule has 0 amide bonds. The molecule has 0 atom stereocenters. The van der Waals surface area contributed by atoms with Gasteiger partial charge in [0.05, 0.1) is 5.69 Å². The average molecular weight is 303 g/mol. The molecule has 22 heavy (non-hydrogen) atoms. The lowest BCUT2D eigenvalue weighted by atomic mass is 10.2. The van der Waals surface area contributed by atoms with Crippen LogP contribution in [0.4, 0.5) is 23.0 Å². The Kier molecular flexibility index (Phi) is 4.66. The maximum absolute atomic E-state index is 10.7. The molecule has 0 saturated heterocycles. The topological polar surface area (TPSA) is 133 Å². The summed E-state index contributed by atoms with van der Waals surface area (Å²) in [5.74, 6) is -1.57. The fraction of sp³-hybridized carbons (Fsp3) is 0.308.